The molecule has 1 amide bonds. The number of pyridine rings is 1. The average molecular weight is 345 g/mol. The number of hydrogen-bond acceptors (Lipinski definition) is 5. The molecular weight excluding hydrogens is 330 g/mol. The van der Waals surface area contributed by atoms with Gasteiger partial charge in [-0.05, 0) is 17.7 Å². The fourth-order valence-corrected chi connectivity index (χ4v) is 2.40. The maximum Gasteiger partial charge on any atom is 0.342 e. The highest BCUT2D eigenvalue weighted by Gasteiger charge is 2.27. The first-order valence-electron chi connectivity index (χ1n) is 6.99. The van der Waals surface area contributed by atoms with Gasteiger partial charge in [-0.1, -0.05) is 12.1 Å². The highest BCUT2D eigenvalue weighted by atomic mass is 16.4. The third-order valence-electron chi connectivity index (χ3n) is 3.48. The van der Waals surface area contributed by atoms with E-state index in [4.69, 9.17) is 5.73 Å². The van der Waals surface area contributed by atoms with Gasteiger partial charge in [-0.3, -0.25) is 9.59 Å². The SMILES string of the molecule is CN(C)C(=O)c1cccc(-c2c(C(=O)O)c(N)[nH]c(=O)c2C(=O)O)c1. The number of nitrogens with two attached hydrogens (primary N) is 1. The molecule has 2 aromatic rings. The van der Waals surface area contributed by atoms with Crippen LogP contribution in [0, 0.1) is 0 Å². The number of amides is 1. The zero-order chi connectivity index (χ0) is 18.9. The second kappa shape index (κ2) is 6.48. The van der Waals surface area contributed by atoms with Crippen molar-refractivity contribution in [3.05, 3.63) is 51.3 Å². The van der Waals surface area contributed by atoms with Crippen LogP contribution in [0.1, 0.15) is 31.1 Å². The minimum Gasteiger partial charge on any atom is -0.478 e. The molecule has 2 rings (SSSR count). The monoisotopic (exact) mass is 345 g/mol. The molecule has 9 heteroatoms. The van der Waals surface area contributed by atoms with Gasteiger partial charge in [0.1, 0.15) is 16.9 Å². The Kier molecular flexibility index (Phi) is 4.59. The van der Waals surface area contributed by atoms with Gasteiger partial charge in [-0.15, -0.1) is 0 Å². The van der Waals surface area contributed by atoms with Crippen LogP contribution in [0.3, 0.4) is 0 Å². The molecule has 0 radical (unpaired) electrons. The number of nitrogen functional groups attached to an aromatic ring is 1. The number of H-pyrrole nitrogens is 1. The lowest BCUT2D eigenvalue weighted by molar-refractivity contribution is 0.0695. The molecule has 9 nitrogen and oxygen atoms in total. The lowest BCUT2D eigenvalue weighted by atomic mass is 9.94. The number of nitrogens with zero attached hydrogens (tertiary/aromatic N) is 1. The van der Waals surface area contributed by atoms with Gasteiger partial charge in [0.2, 0.25) is 0 Å². The van der Waals surface area contributed by atoms with E-state index < -0.39 is 34.4 Å². The molecular formula is C16H15N3O6. The lowest BCUT2D eigenvalue weighted by Crippen LogP contribution is -2.24. The van der Waals surface area contributed by atoms with Crippen molar-refractivity contribution in [2.24, 2.45) is 0 Å². The zero-order valence-corrected chi connectivity index (χ0v) is 13.4. The Hall–Kier alpha value is -3.62. The molecule has 0 unspecified atom stereocenters. The van der Waals surface area contributed by atoms with Crippen molar-refractivity contribution in [3.8, 4) is 11.1 Å². The van der Waals surface area contributed by atoms with E-state index in [2.05, 4.69) is 0 Å². The van der Waals surface area contributed by atoms with Crippen LogP contribution < -0.4 is 11.3 Å². The van der Waals surface area contributed by atoms with Crippen LogP contribution in [0.15, 0.2) is 29.1 Å². The Balaban J connectivity index is 2.89. The van der Waals surface area contributed by atoms with Crippen LogP contribution in [0.25, 0.3) is 11.1 Å². The standard InChI is InChI=1S/C16H15N3O6/c1-19(2)14(21)8-5-3-4-7(6-8)9-10(15(22)23)12(17)18-13(20)11(9)16(24)25/h3-6H,1-2H3,(H,22,23)(H,24,25)(H3,17,18,20). The molecule has 0 aliphatic heterocycles. The van der Waals surface area contributed by atoms with Gasteiger partial charge in [0.25, 0.3) is 11.5 Å². The van der Waals surface area contributed by atoms with E-state index in [1.165, 1.54) is 43.3 Å². The Morgan fingerprint density at radius 1 is 1.08 bits per heavy atom. The summed E-state index contributed by atoms with van der Waals surface area (Å²) in [6.07, 6.45) is 0. The van der Waals surface area contributed by atoms with E-state index in [1.54, 1.807) is 0 Å². The summed E-state index contributed by atoms with van der Waals surface area (Å²) in [5, 5.41) is 18.7. The van der Waals surface area contributed by atoms with Gasteiger partial charge in [0.15, 0.2) is 0 Å². The molecule has 1 aromatic heterocycles. The topological polar surface area (TPSA) is 154 Å². The predicted octanol–water partition coefficient (Wildman–Crippen LogP) is 0.722. The average Bonchev–Trinajstić information content (AvgIpc) is 2.52. The van der Waals surface area contributed by atoms with Crippen LogP contribution >= 0.6 is 0 Å². The molecule has 0 spiro atoms. The van der Waals surface area contributed by atoms with Crippen LogP contribution in [0.4, 0.5) is 5.82 Å². The molecule has 0 fully saturated rings. The summed E-state index contributed by atoms with van der Waals surface area (Å²) in [6, 6.07) is 5.67. The summed E-state index contributed by atoms with van der Waals surface area (Å²) < 4.78 is 0. The van der Waals surface area contributed by atoms with Crippen molar-refractivity contribution in [1.82, 2.24) is 9.88 Å². The van der Waals surface area contributed by atoms with Crippen molar-refractivity contribution in [2.45, 2.75) is 0 Å². The summed E-state index contributed by atoms with van der Waals surface area (Å²) >= 11 is 0. The molecule has 0 bridgehead atoms. The number of nitrogens with one attached hydrogen (secondary N) is 1. The van der Waals surface area contributed by atoms with Gasteiger partial charge in [0.05, 0.1) is 0 Å². The summed E-state index contributed by atoms with van der Waals surface area (Å²) in [6.45, 7) is 0. The number of aromatic carboxylic acids is 2. The van der Waals surface area contributed by atoms with Crippen molar-refractivity contribution >= 4 is 23.7 Å². The van der Waals surface area contributed by atoms with E-state index in [9.17, 15) is 29.4 Å². The molecule has 0 aliphatic rings. The molecule has 0 saturated heterocycles. The van der Waals surface area contributed by atoms with Crippen molar-refractivity contribution in [3.63, 3.8) is 0 Å². The van der Waals surface area contributed by atoms with Gasteiger partial charge >= 0.3 is 11.9 Å². The van der Waals surface area contributed by atoms with Gasteiger partial charge in [-0.2, -0.15) is 0 Å². The highest BCUT2D eigenvalue weighted by molar-refractivity contribution is 6.08. The molecule has 1 heterocycles. The fourth-order valence-electron chi connectivity index (χ4n) is 2.40. The smallest absolute Gasteiger partial charge is 0.342 e. The van der Waals surface area contributed by atoms with Crippen molar-refractivity contribution in [1.29, 1.82) is 0 Å². The number of benzene rings is 1. The van der Waals surface area contributed by atoms with E-state index in [0.29, 0.717) is 0 Å². The number of carboxylic acid groups (broad SMARTS) is 2. The highest BCUT2D eigenvalue weighted by Crippen LogP contribution is 2.29. The number of hydrogen-bond donors (Lipinski definition) is 4. The number of rotatable bonds is 4. The zero-order valence-electron chi connectivity index (χ0n) is 13.4. The fraction of sp³-hybridized carbons (Fsp3) is 0.125. The molecule has 1 aromatic carbocycles. The van der Waals surface area contributed by atoms with Gasteiger partial charge < -0.3 is 25.8 Å². The Bertz CT molecular complexity index is 945. The molecule has 5 N–H and O–H groups in total. The molecule has 0 atom stereocenters. The third kappa shape index (κ3) is 3.20. The third-order valence-corrected chi connectivity index (χ3v) is 3.48. The Labute approximate surface area is 141 Å². The molecule has 0 aliphatic carbocycles. The van der Waals surface area contributed by atoms with Gasteiger partial charge in [-0.25, -0.2) is 9.59 Å². The first-order valence-corrected chi connectivity index (χ1v) is 6.99. The first-order chi connectivity index (χ1) is 11.6. The van der Waals surface area contributed by atoms with Crippen LogP contribution in [0.5, 0.6) is 0 Å². The molecule has 130 valence electrons. The number of carbonyl (C=O) groups is 3. The number of aromatic amines is 1. The number of carboxylic acids is 2. The summed E-state index contributed by atoms with van der Waals surface area (Å²) in [4.78, 5) is 50.5. The Morgan fingerprint density at radius 3 is 2.20 bits per heavy atom. The van der Waals surface area contributed by atoms with Crippen molar-refractivity contribution < 1.29 is 24.6 Å². The van der Waals surface area contributed by atoms with Crippen LogP contribution in [-0.4, -0.2) is 52.0 Å². The summed E-state index contributed by atoms with van der Waals surface area (Å²) in [5.41, 5.74) is 3.16. The van der Waals surface area contributed by atoms with Crippen molar-refractivity contribution in [2.75, 3.05) is 19.8 Å². The van der Waals surface area contributed by atoms with E-state index in [0.717, 1.165) is 0 Å². The normalized spacial score (nSPS) is 10.3. The maximum atomic E-state index is 12.1. The lowest BCUT2D eigenvalue weighted by Gasteiger charge is -2.14. The first kappa shape index (κ1) is 17.7. The Morgan fingerprint density at radius 2 is 1.68 bits per heavy atom. The van der Waals surface area contributed by atoms with E-state index in [1.807, 2.05) is 4.98 Å². The molecule has 0 saturated carbocycles. The largest absolute Gasteiger partial charge is 0.478 e. The minimum atomic E-state index is -1.61. The molecule has 25 heavy (non-hydrogen) atoms. The van der Waals surface area contributed by atoms with Gasteiger partial charge in [0, 0.05) is 25.2 Å². The number of aromatic nitrogens is 1. The second-order valence-electron chi connectivity index (χ2n) is 5.38. The maximum absolute atomic E-state index is 12.1. The number of carbonyl (C=O) groups excluding carboxylic acids is 1. The van der Waals surface area contributed by atoms with Crippen LogP contribution in [0.2, 0.25) is 0 Å². The summed E-state index contributed by atoms with van der Waals surface area (Å²) in [5.74, 6) is -3.95. The summed E-state index contributed by atoms with van der Waals surface area (Å²) in [7, 11) is 3.07. The quantitative estimate of drug-likeness (QED) is 0.636. The van der Waals surface area contributed by atoms with E-state index in [-0.39, 0.29) is 22.6 Å². The van der Waals surface area contributed by atoms with Crippen LogP contribution in [-0.2, 0) is 0 Å². The second-order valence-corrected chi connectivity index (χ2v) is 5.38. The van der Waals surface area contributed by atoms with E-state index >= 15 is 0 Å². The minimum absolute atomic E-state index is 0.0836. The number of anilines is 1. The predicted molar refractivity (Wildman–Crippen MR) is 88.8 cm³/mol.